The van der Waals surface area contributed by atoms with Crippen molar-refractivity contribution in [2.45, 2.75) is 38.9 Å². The van der Waals surface area contributed by atoms with Gasteiger partial charge >= 0.3 is 6.18 Å². The van der Waals surface area contributed by atoms with Gasteiger partial charge in [0.05, 0.1) is 5.56 Å². The number of hydrogen-bond acceptors (Lipinski definition) is 3. The first-order valence-electron chi connectivity index (χ1n) is 8.86. The average molecular weight is 378 g/mol. The molecule has 0 radical (unpaired) electrons. The van der Waals surface area contributed by atoms with Gasteiger partial charge in [-0.2, -0.15) is 13.2 Å². The van der Waals surface area contributed by atoms with E-state index in [4.69, 9.17) is 4.74 Å². The smallest absolute Gasteiger partial charge is 0.417 e. The Hall–Kier alpha value is -2.57. The minimum atomic E-state index is -4.43. The van der Waals surface area contributed by atoms with Gasteiger partial charge in [0.25, 0.3) is 5.91 Å². The van der Waals surface area contributed by atoms with E-state index in [1.807, 2.05) is 4.90 Å². The summed E-state index contributed by atoms with van der Waals surface area (Å²) in [6.07, 6.45) is -1.62. The molecule has 4 nitrogen and oxygen atoms in total. The predicted molar refractivity (Wildman–Crippen MR) is 94.7 cm³/mol. The number of alkyl halides is 3. The number of ether oxygens (including phenoxy) is 1. The van der Waals surface area contributed by atoms with E-state index in [2.05, 4.69) is 18.8 Å². The standard InChI is InChI=1S/C20H21F3N2O2/c1-13(2)12-25(16-6-7-16)19(26)14-3-8-17(9-4-14)27-18-10-5-15(11-24-18)20(21,22)23/h3-5,8-11,13,16H,6-7,12H2,1-2H3. The van der Waals surface area contributed by atoms with Gasteiger partial charge in [0.15, 0.2) is 0 Å². The summed E-state index contributed by atoms with van der Waals surface area (Å²) < 4.78 is 43.1. The van der Waals surface area contributed by atoms with E-state index in [1.54, 1.807) is 24.3 Å². The van der Waals surface area contributed by atoms with Crippen LogP contribution in [0.4, 0.5) is 13.2 Å². The minimum Gasteiger partial charge on any atom is -0.439 e. The Kier molecular flexibility index (Phi) is 5.39. The summed E-state index contributed by atoms with van der Waals surface area (Å²) in [5.74, 6) is 0.843. The Morgan fingerprint density at radius 1 is 1.19 bits per heavy atom. The second-order valence-corrected chi connectivity index (χ2v) is 7.09. The van der Waals surface area contributed by atoms with E-state index in [9.17, 15) is 18.0 Å². The molecule has 0 aliphatic heterocycles. The van der Waals surface area contributed by atoms with Gasteiger partial charge in [-0.3, -0.25) is 4.79 Å². The predicted octanol–water partition coefficient (Wildman–Crippen LogP) is 5.15. The lowest BCUT2D eigenvalue weighted by atomic mass is 10.1. The fraction of sp³-hybridized carbons (Fsp3) is 0.400. The zero-order chi connectivity index (χ0) is 19.6. The number of aromatic nitrogens is 1. The van der Waals surface area contributed by atoms with E-state index in [0.717, 1.165) is 31.6 Å². The van der Waals surface area contributed by atoms with Crippen LogP contribution in [0.2, 0.25) is 0 Å². The molecule has 1 aliphatic rings. The zero-order valence-corrected chi connectivity index (χ0v) is 15.2. The van der Waals surface area contributed by atoms with Crippen molar-refractivity contribution in [2.24, 2.45) is 5.92 Å². The summed E-state index contributed by atoms with van der Waals surface area (Å²) in [4.78, 5) is 18.3. The Morgan fingerprint density at radius 3 is 2.33 bits per heavy atom. The molecule has 0 spiro atoms. The summed E-state index contributed by atoms with van der Waals surface area (Å²) in [6, 6.07) is 8.97. The fourth-order valence-corrected chi connectivity index (χ4v) is 2.74. The van der Waals surface area contributed by atoms with E-state index in [1.165, 1.54) is 6.07 Å². The number of halogens is 3. The molecule has 1 saturated carbocycles. The molecule has 2 aromatic rings. The average Bonchev–Trinajstić information content (AvgIpc) is 3.44. The lowest BCUT2D eigenvalue weighted by Gasteiger charge is -2.24. The van der Waals surface area contributed by atoms with Crippen LogP contribution in [0, 0.1) is 5.92 Å². The van der Waals surface area contributed by atoms with E-state index in [0.29, 0.717) is 23.3 Å². The summed E-state index contributed by atoms with van der Waals surface area (Å²) in [7, 11) is 0. The lowest BCUT2D eigenvalue weighted by Crippen LogP contribution is -2.36. The number of benzene rings is 1. The molecule has 0 unspecified atom stereocenters. The SMILES string of the molecule is CC(C)CN(C(=O)c1ccc(Oc2ccc(C(F)(F)F)cn2)cc1)C1CC1. The number of carbonyl (C=O) groups is 1. The van der Waals surface area contributed by atoms with Gasteiger partial charge < -0.3 is 9.64 Å². The number of rotatable bonds is 6. The highest BCUT2D eigenvalue weighted by Crippen LogP contribution is 2.31. The molecular formula is C20H21F3N2O2. The lowest BCUT2D eigenvalue weighted by molar-refractivity contribution is -0.137. The molecule has 27 heavy (non-hydrogen) atoms. The molecule has 1 heterocycles. The van der Waals surface area contributed by atoms with Crippen molar-refractivity contribution in [3.8, 4) is 11.6 Å². The van der Waals surface area contributed by atoms with Crippen LogP contribution in [-0.2, 0) is 6.18 Å². The molecule has 7 heteroatoms. The van der Waals surface area contributed by atoms with Crippen LogP contribution < -0.4 is 4.74 Å². The normalized spacial score (nSPS) is 14.3. The highest BCUT2D eigenvalue weighted by atomic mass is 19.4. The summed E-state index contributed by atoms with van der Waals surface area (Å²) in [6.45, 7) is 4.88. The molecule has 0 atom stereocenters. The van der Waals surface area contributed by atoms with Gasteiger partial charge in [0.2, 0.25) is 5.88 Å². The quantitative estimate of drug-likeness (QED) is 0.698. The van der Waals surface area contributed by atoms with Crippen LogP contribution in [-0.4, -0.2) is 28.4 Å². The number of hydrogen-bond donors (Lipinski definition) is 0. The Bertz CT molecular complexity index is 782. The monoisotopic (exact) mass is 378 g/mol. The van der Waals surface area contributed by atoms with Crippen molar-refractivity contribution in [3.63, 3.8) is 0 Å². The van der Waals surface area contributed by atoms with Crippen molar-refractivity contribution >= 4 is 5.91 Å². The number of amides is 1. The highest BCUT2D eigenvalue weighted by molar-refractivity contribution is 5.94. The van der Waals surface area contributed by atoms with Gasteiger partial charge in [-0.1, -0.05) is 13.8 Å². The molecule has 0 bridgehead atoms. The minimum absolute atomic E-state index is 0.00888. The van der Waals surface area contributed by atoms with Crippen molar-refractivity contribution in [3.05, 3.63) is 53.7 Å². The Labute approximate surface area is 156 Å². The summed E-state index contributed by atoms with van der Waals surface area (Å²) in [5, 5.41) is 0. The molecule has 1 aromatic heterocycles. The topological polar surface area (TPSA) is 42.4 Å². The van der Waals surface area contributed by atoms with Gasteiger partial charge in [-0.05, 0) is 49.1 Å². The van der Waals surface area contributed by atoms with E-state index >= 15 is 0 Å². The van der Waals surface area contributed by atoms with Crippen LogP contribution in [0.15, 0.2) is 42.6 Å². The van der Waals surface area contributed by atoms with Gasteiger partial charge in [0.1, 0.15) is 5.75 Å². The molecular weight excluding hydrogens is 357 g/mol. The molecule has 1 fully saturated rings. The molecule has 0 saturated heterocycles. The number of nitrogens with zero attached hydrogens (tertiary/aromatic N) is 2. The third-order valence-electron chi connectivity index (χ3n) is 4.20. The summed E-state index contributed by atoms with van der Waals surface area (Å²) >= 11 is 0. The third kappa shape index (κ3) is 4.99. The maximum absolute atomic E-state index is 12.7. The third-order valence-corrected chi connectivity index (χ3v) is 4.20. The summed E-state index contributed by atoms with van der Waals surface area (Å²) in [5.41, 5.74) is -0.267. The highest BCUT2D eigenvalue weighted by Gasteiger charge is 2.33. The first-order valence-corrected chi connectivity index (χ1v) is 8.86. The first kappa shape index (κ1) is 19.2. The molecule has 1 amide bonds. The maximum atomic E-state index is 12.7. The molecule has 1 aromatic carbocycles. The number of carbonyl (C=O) groups excluding carboxylic acids is 1. The molecule has 1 aliphatic carbocycles. The Morgan fingerprint density at radius 2 is 1.85 bits per heavy atom. The van der Waals surface area contributed by atoms with Crippen LogP contribution >= 0.6 is 0 Å². The molecule has 0 N–H and O–H groups in total. The van der Waals surface area contributed by atoms with Gasteiger partial charge in [-0.15, -0.1) is 0 Å². The van der Waals surface area contributed by atoms with Crippen molar-refractivity contribution in [1.29, 1.82) is 0 Å². The Balaban J connectivity index is 1.67. The largest absolute Gasteiger partial charge is 0.439 e. The van der Waals surface area contributed by atoms with Crippen LogP contribution in [0.3, 0.4) is 0 Å². The second-order valence-electron chi connectivity index (χ2n) is 7.09. The van der Waals surface area contributed by atoms with Crippen LogP contribution in [0.5, 0.6) is 11.6 Å². The van der Waals surface area contributed by atoms with E-state index < -0.39 is 11.7 Å². The maximum Gasteiger partial charge on any atom is 0.417 e. The molecule has 144 valence electrons. The van der Waals surface area contributed by atoms with Gasteiger partial charge in [0, 0.05) is 30.4 Å². The van der Waals surface area contributed by atoms with Crippen molar-refractivity contribution in [1.82, 2.24) is 9.88 Å². The van der Waals surface area contributed by atoms with E-state index in [-0.39, 0.29) is 11.8 Å². The second kappa shape index (κ2) is 7.58. The fourth-order valence-electron chi connectivity index (χ4n) is 2.74. The van der Waals surface area contributed by atoms with Crippen molar-refractivity contribution < 1.29 is 22.7 Å². The van der Waals surface area contributed by atoms with Crippen LogP contribution in [0.1, 0.15) is 42.6 Å². The zero-order valence-electron chi connectivity index (χ0n) is 15.2. The number of pyridine rings is 1. The van der Waals surface area contributed by atoms with Gasteiger partial charge in [-0.25, -0.2) is 4.98 Å². The molecule has 3 rings (SSSR count). The van der Waals surface area contributed by atoms with Crippen LogP contribution in [0.25, 0.3) is 0 Å². The van der Waals surface area contributed by atoms with Crippen molar-refractivity contribution in [2.75, 3.05) is 6.54 Å². The first-order chi connectivity index (χ1) is 12.7.